The van der Waals surface area contributed by atoms with E-state index in [0.717, 1.165) is 11.3 Å². The Balaban J connectivity index is 1.57. The number of halogens is 1. The number of nitrogens with one attached hydrogen (secondary N) is 1. The van der Waals surface area contributed by atoms with Crippen molar-refractivity contribution in [2.45, 2.75) is 32.7 Å². The maximum absolute atomic E-state index is 12.9. The zero-order valence-electron chi connectivity index (χ0n) is 15.8. The predicted molar refractivity (Wildman–Crippen MR) is 104 cm³/mol. The average Bonchev–Trinajstić information content (AvgIpc) is 3.40. The summed E-state index contributed by atoms with van der Waals surface area (Å²) in [4.78, 5) is 25.7. The molecule has 1 aliphatic carbocycles. The smallest absolute Gasteiger partial charge is 0.246 e. The minimum atomic E-state index is -0.369. The lowest BCUT2D eigenvalue weighted by Gasteiger charge is -2.14. The van der Waals surface area contributed by atoms with Crippen molar-refractivity contribution < 1.29 is 14.0 Å². The molecule has 1 fully saturated rings. The van der Waals surface area contributed by atoms with Crippen molar-refractivity contribution in [2.24, 2.45) is 0 Å². The fourth-order valence-electron chi connectivity index (χ4n) is 3.18. The first-order valence-corrected chi connectivity index (χ1v) is 9.02. The van der Waals surface area contributed by atoms with Gasteiger partial charge in [-0.2, -0.15) is 0 Å². The van der Waals surface area contributed by atoms with Crippen LogP contribution in [-0.2, 0) is 9.59 Å². The van der Waals surface area contributed by atoms with E-state index in [2.05, 4.69) is 29.8 Å². The van der Waals surface area contributed by atoms with Gasteiger partial charge in [0.2, 0.25) is 11.8 Å². The lowest BCUT2D eigenvalue weighted by atomic mass is 10.2. The number of aryl methyl sites for hydroxylation is 1. The van der Waals surface area contributed by atoms with E-state index in [0.29, 0.717) is 11.7 Å². The molecular weight excluding hydrogens is 345 g/mol. The average molecular weight is 369 g/mol. The first-order valence-electron chi connectivity index (χ1n) is 9.02. The minimum absolute atomic E-state index is 0.0817. The van der Waals surface area contributed by atoms with Crippen LogP contribution in [0.4, 0.5) is 10.1 Å². The van der Waals surface area contributed by atoms with Crippen molar-refractivity contribution in [1.29, 1.82) is 0 Å². The highest BCUT2D eigenvalue weighted by Crippen LogP contribution is 2.38. The summed E-state index contributed by atoms with van der Waals surface area (Å²) in [5, 5.41) is 2.64. The van der Waals surface area contributed by atoms with Gasteiger partial charge in [0.25, 0.3) is 0 Å². The molecule has 0 radical (unpaired) electrons. The van der Waals surface area contributed by atoms with Crippen LogP contribution in [-0.4, -0.2) is 34.9 Å². The molecule has 3 rings (SSSR count). The van der Waals surface area contributed by atoms with E-state index in [1.54, 1.807) is 13.1 Å². The Bertz CT molecular complexity index is 880. The molecule has 0 aliphatic heterocycles. The largest absolute Gasteiger partial charge is 0.346 e. The van der Waals surface area contributed by atoms with Crippen LogP contribution in [0.3, 0.4) is 0 Å². The standard InChI is InChI=1S/C21H24FN3O2/c1-14-12-16(15(2)25(14)19-9-10-19)4-11-21(27)24(3)13-20(26)23-18-7-5-17(22)6-8-18/h4-8,11-12,19H,9-10,13H2,1-3H3,(H,23,26)/b11-4+. The molecule has 0 unspecified atom stereocenters. The molecule has 0 atom stereocenters. The normalized spacial score (nSPS) is 13.8. The summed E-state index contributed by atoms with van der Waals surface area (Å²) in [6.07, 6.45) is 5.72. The summed E-state index contributed by atoms with van der Waals surface area (Å²) < 4.78 is 15.2. The molecule has 1 N–H and O–H groups in total. The van der Waals surface area contributed by atoms with Gasteiger partial charge >= 0.3 is 0 Å². The van der Waals surface area contributed by atoms with Gasteiger partial charge in [0.15, 0.2) is 0 Å². The van der Waals surface area contributed by atoms with Crippen LogP contribution in [0.15, 0.2) is 36.4 Å². The number of amides is 2. The summed E-state index contributed by atoms with van der Waals surface area (Å²) in [6, 6.07) is 8.17. The Morgan fingerprint density at radius 2 is 1.93 bits per heavy atom. The number of carbonyl (C=O) groups excluding carboxylic acids is 2. The van der Waals surface area contributed by atoms with Crippen molar-refractivity contribution in [3.8, 4) is 0 Å². The van der Waals surface area contributed by atoms with E-state index in [9.17, 15) is 14.0 Å². The second kappa shape index (κ2) is 7.78. The maximum Gasteiger partial charge on any atom is 0.246 e. The molecule has 0 bridgehead atoms. The molecule has 5 nitrogen and oxygen atoms in total. The third-order valence-electron chi connectivity index (χ3n) is 4.73. The maximum atomic E-state index is 12.9. The van der Waals surface area contributed by atoms with Crippen LogP contribution in [0.1, 0.15) is 35.8 Å². The van der Waals surface area contributed by atoms with Gasteiger partial charge in [-0.15, -0.1) is 0 Å². The molecule has 142 valence electrons. The van der Waals surface area contributed by atoms with Gasteiger partial charge in [0.1, 0.15) is 5.82 Å². The Hall–Kier alpha value is -2.89. The van der Waals surface area contributed by atoms with Crippen molar-refractivity contribution >= 4 is 23.6 Å². The van der Waals surface area contributed by atoms with Gasteiger partial charge in [-0.1, -0.05) is 0 Å². The highest BCUT2D eigenvalue weighted by atomic mass is 19.1. The SMILES string of the molecule is Cc1cc(/C=C/C(=O)N(C)CC(=O)Nc2ccc(F)cc2)c(C)n1C1CC1. The summed E-state index contributed by atoms with van der Waals surface area (Å²) in [7, 11) is 1.57. The number of hydrogen-bond donors (Lipinski definition) is 1. The monoisotopic (exact) mass is 369 g/mol. The molecule has 1 aromatic heterocycles. The molecule has 1 aliphatic rings. The fourth-order valence-corrected chi connectivity index (χ4v) is 3.18. The summed E-state index contributed by atoms with van der Waals surface area (Å²) in [6.45, 7) is 4.06. The van der Waals surface area contributed by atoms with Gasteiger partial charge in [-0.05, 0) is 68.7 Å². The molecule has 2 aromatic rings. The lowest BCUT2D eigenvalue weighted by molar-refractivity contribution is -0.129. The van der Waals surface area contributed by atoms with Crippen LogP contribution in [0, 0.1) is 19.7 Å². The second-order valence-corrected chi connectivity index (χ2v) is 7.01. The molecule has 0 spiro atoms. The van der Waals surface area contributed by atoms with Crippen molar-refractivity contribution in [3.05, 3.63) is 59.2 Å². The van der Waals surface area contributed by atoms with E-state index in [-0.39, 0.29) is 24.2 Å². The molecule has 0 saturated heterocycles. The first kappa shape index (κ1) is 18.9. The van der Waals surface area contributed by atoms with Gasteiger partial charge in [0, 0.05) is 36.2 Å². The number of nitrogens with zero attached hydrogens (tertiary/aromatic N) is 2. The van der Waals surface area contributed by atoms with Gasteiger partial charge in [-0.25, -0.2) is 4.39 Å². The molecule has 1 saturated carbocycles. The molecule has 1 heterocycles. The number of hydrogen-bond acceptors (Lipinski definition) is 2. The molecule has 2 amide bonds. The molecule has 6 heteroatoms. The number of benzene rings is 1. The minimum Gasteiger partial charge on any atom is -0.346 e. The Labute approximate surface area is 158 Å². The molecule has 27 heavy (non-hydrogen) atoms. The number of carbonyl (C=O) groups is 2. The molecule has 1 aromatic carbocycles. The van der Waals surface area contributed by atoms with Crippen molar-refractivity contribution in [2.75, 3.05) is 18.9 Å². The van der Waals surface area contributed by atoms with Gasteiger partial charge in [0.05, 0.1) is 6.54 Å². The Morgan fingerprint density at radius 3 is 2.56 bits per heavy atom. The lowest BCUT2D eigenvalue weighted by Crippen LogP contribution is -2.33. The zero-order chi connectivity index (χ0) is 19.6. The third-order valence-corrected chi connectivity index (χ3v) is 4.73. The van der Waals surface area contributed by atoms with E-state index in [1.807, 2.05) is 0 Å². The quantitative estimate of drug-likeness (QED) is 0.790. The van der Waals surface area contributed by atoms with Crippen LogP contribution in [0.2, 0.25) is 0 Å². The zero-order valence-corrected chi connectivity index (χ0v) is 15.8. The van der Waals surface area contributed by atoms with Gasteiger partial charge in [-0.3, -0.25) is 9.59 Å². The van der Waals surface area contributed by atoms with Crippen LogP contribution < -0.4 is 5.32 Å². The van der Waals surface area contributed by atoms with E-state index >= 15 is 0 Å². The fraction of sp³-hybridized carbons (Fsp3) is 0.333. The van der Waals surface area contributed by atoms with Crippen LogP contribution in [0.25, 0.3) is 6.08 Å². The predicted octanol–water partition coefficient (Wildman–Crippen LogP) is 3.69. The van der Waals surface area contributed by atoms with Crippen LogP contribution >= 0.6 is 0 Å². The van der Waals surface area contributed by atoms with Crippen molar-refractivity contribution in [1.82, 2.24) is 9.47 Å². The third kappa shape index (κ3) is 4.64. The second-order valence-electron chi connectivity index (χ2n) is 7.01. The Kier molecular flexibility index (Phi) is 5.44. The number of anilines is 1. The molecular formula is C21H24FN3O2. The van der Waals surface area contributed by atoms with Gasteiger partial charge < -0.3 is 14.8 Å². The summed E-state index contributed by atoms with van der Waals surface area (Å²) in [5.41, 5.74) is 3.88. The van der Waals surface area contributed by atoms with E-state index in [1.165, 1.54) is 53.8 Å². The number of likely N-dealkylation sites (N-methyl/N-ethyl adjacent to an activating group) is 1. The van der Waals surface area contributed by atoms with E-state index < -0.39 is 0 Å². The first-order chi connectivity index (χ1) is 12.8. The Morgan fingerprint density at radius 1 is 1.26 bits per heavy atom. The topological polar surface area (TPSA) is 54.3 Å². The highest BCUT2D eigenvalue weighted by molar-refractivity contribution is 5.97. The number of rotatable bonds is 6. The highest BCUT2D eigenvalue weighted by Gasteiger charge is 2.26. The van der Waals surface area contributed by atoms with Crippen LogP contribution in [0.5, 0.6) is 0 Å². The number of aromatic nitrogens is 1. The summed E-state index contributed by atoms with van der Waals surface area (Å²) in [5.74, 6) is -0.954. The summed E-state index contributed by atoms with van der Waals surface area (Å²) >= 11 is 0. The van der Waals surface area contributed by atoms with E-state index in [4.69, 9.17) is 0 Å². The van der Waals surface area contributed by atoms with Crippen molar-refractivity contribution in [3.63, 3.8) is 0 Å².